The molecule has 1 atom stereocenters. The van der Waals surface area contributed by atoms with Crippen molar-refractivity contribution in [2.75, 3.05) is 14.2 Å². The molecule has 3 nitrogen and oxygen atoms in total. The third-order valence-corrected chi connectivity index (χ3v) is 3.13. The SMILES string of the molecule is COc1cccc(OC)c1[C@H](C)N=Cc1ccccc1. The van der Waals surface area contributed by atoms with Gasteiger partial charge in [0.25, 0.3) is 0 Å². The minimum Gasteiger partial charge on any atom is -0.496 e. The fraction of sp³-hybridized carbons (Fsp3) is 0.235. The second-order valence-electron chi connectivity index (χ2n) is 4.44. The largest absolute Gasteiger partial charge is 0.496 e. The number of methoxy groups -OCH3 is 2. The van der Waals surface area contributed by atoms with E-state index in [1.54, 1.807) is 14.2 Å². The van der Waals surface area contributed by atoms with Crippen molar-refractivity contribution in [3.63, 3.8) is 0 Å². The zero-order valence-electron chi connectivity index (χ0n) is 12.0. The minimum atomic E-state index is -0.0405. The Labute approximate surface area is 119 Å². The molecule has 0 radical (unpaired) electrons. The molecule has 0 saturated carbocycles. The maximum Gasteiger partial charge on any atom is 0.127 e. The van der Waals surface area contributed by atoms with E-state index in [1.807, 2.05) is 61.7 Å². The zero-order chi connectivity index (χ0) is 14.4. The van der Waals surface area contributed by atoms with Crippen LogP contribution in [-0.2, 0) is 0 Å². The lowest BCUT2D eigenvalue weighted by atomic mass is 10.1. The van der Waals surface area contributed by atoms with Crippen molar-refractivity contribution in [1.29, 1.82) is 0 Å². The van der Waals surface area contributed by atoms with Crippen LogP contribution in [0.3, 0.4) is 0 Å². The van der Waals surface area contributed by atoms with Crippen molar-refractivity contribution in [3.8, 4) is 11.5 Å². The van der Waals surface area contributed by atoms with Crippen LogP contribution in [0.15, 0.2) is 53.5 Å². The van der Waals surface area contributed by atoms with Gasteiger partial charge in [0.1, 0.15) is 11.5 Å². The maximum absolute atomic E-state index is 5.41. The number of rotatable bonds is 5. The highest BCUT2D eigenvalue weighted by Gasteiger charge is 2.15. The van der Waals surface area contributed by atoms with Crippen LogP contribution in [0, 0.1) is 0 Å². The molecule has 0 fully saturated rings. The Morgan fingerprint density at radius 3 is 2.05 bits per heavy atom. The van der Waals surface area contributed by atoms with E-state index in [-0.39, 0.29) is 6.04 Å². The Balaban J connectivity index is 2.29. The molecule has 0 bridgehead atoms. The van der Waals surface area contributed by atoms with E-state index in [4.69, 9.17) is 9.47 Å². The van der Waals surface area contributed by atoms with Crippen molar-refractivity contribution in [1.82, 2.24) is 0 Å². The molecule has 0 saturated heterocycles. The van der Waals surface area contributed by atoms with Crippen LogP contribution in [0.1, 0.15) is 24.1 Å². The van der Waals surface area contributed by atoms with Crippen LogP contribution in [0.4, 0.5) is 0 Å². The van der Waals surface area contributed by atoms with Gasteiger partial charge in [-0.2, -0.15) is 0 Å². The fourth-order valence-corrected chi connectivity index (χ4v) is 2.10. The van der Waals surface area contributed by atoms with Crippen molar-refractivity contribution >= 4 is 6.21 Å². The topological polar surface area (TPSA) is 30.8 Å². The summed E-state index contributed by atoms with van der Waals surface area (Å²) in [5.41, 5.74) is 2.04. The number of nitrogens with zero attached hydrogens (tertiary/aromatic N) is 1. The molecule has 2 aromatic carbocycles. The molecule has 0 aromatic heterocycles. The molecule has 0 N–H and O–H groups in total. The molecule has 2 aromatic rings. The smallest absolute Gasteiger partial charge is 0.127 e. The van der Waals surface area contributed by atoms with Gasteiger partial charge < -0.3 is 9.47 Å². The molecule has 0 amide bonds. The normalized spacial score (nSPS) is 12.3. The molecular formula is C17H19NO2. The summed E-state index contributed by atoms with van der Waals surface area (Å²) in [6.45, 7) is 2.03. The average Bonchev–Trinajstić information content (AvgIpc) is 2.52. The van der Waals surface area contributed by atoms with Crippen LogP contribution in [-0.4, -0.2) is 20.4 Å². The van der Waals surface area contributed by atoms with Crippen LogP contribution in [0.2, 0.25) is 0 Å². The average molecular weight is 269 g/mol. The molecule has 0 aliphatic rings. The maximum atomic E-state index is 5.41. The van der Waals surface area contributed by atoms with Gasteiger partial charge in [0, 0.05) is 6.21 Å². The van der Waals surface area contributed by atoms with E-state index in [1.165, 1.54) is 0 Å². The molecule has 0 spiro atoms. The molecule has 0 heterocycles. The van der Waals surface area contributed by atoms with Gasteiger partial charge in [0.2, 0.25) is 0 Å². The van der Waals surface area contributed by atoms with Crippen LogP contribution in [0.25, 0.3) is 0 Å². The van der Waals surface area contributed by atoms with Gasteiger partial charge in [0.05, 0.1) is 25.8 Å². The molecular weight excluding hydrogens is 250 g/mol. The highest BCUT2D eigenvalue weighted by atomic mass is 16.5. The molecule has 104 valence electrons. The van der Waals surface area contributed by atoms with E-state index >= 15 is 0 Å². The second-order valence-corrected chi connectivity index (χ2v) is 4.44. The Hall–Kier alpha value is -2.29. The summed E-state index contributed by atoms with van der Waals surface area (Å²) in [7, 11) is 3.32. The zero-order valence-corrected chi connectivity index (χ0v) is 12.0. The number of hydrogen-bond acceptors (Lipinski definition) is 3. The van der Waals surface area contributed by atoms with E-state index in [2.05, 4.69) is 4.99 Å². The monoisotopic (exact) mass is 269 g/mol. The number of ether oxygens (including phenoxy) is 2. The summed E-state index contributed by atoms with van der Waals surface area (Å²) in [5, 5.41) is 0. The molecule has 20 heavy (non-hydrogen) atoms. The first kappa shape index (κ1) is 14.1. The number of aliphatic imine (C=N–C) groups is 1. The first-order chi connectivity index (χ1) is 9.76. The van der Waals surface area contributed by atoms with Gasteiger partial charge >= 0.3 is 0 Å². The summed E-state index contributed by atoms with van der Waals surface area (Å²) in [6.07, 6.45) is 1.87. The van der Waals surface area contributed by atoms with Crippen LogP contribution < -0.4 is 9.47 Å². The third-order valence-electron chi connectivity index (χ3n) is 3.13. The first-order valence-electron chi connectivity index (χ1n) is 6.55. The van der Waals surface area contributed by atoms with E-state index < -0.39 is 0 Å². The molecule has 3 heteroatoms. The van der Waals surface area contributed by atoms with Gasteiger partial charge in [-0.1, -0.05) is 36.4 Å². The van der Waals surface area contributed by atoms with Gasteiger partial charge in [-0.05, 0) is 24.6 Å². The lowest BCUT2D eigenvalue weighted by molar-refractivity contribution is 0.381. The molecule has 0 aliphatic heterocycles. The van der Waals surface area contributed by atoms with E-state index in [9.17, 15) is 0 Å². The Bertz CT molecular complexity index is 557. The fourth-order valence-electron chi connectivity index (χ4n) is 2.10. The van der Waals surface area contributed by atoms with Gasteiger partial charge in [-0.3, -0.25) is 4.99 Å². The van der Waals surface area contributed by atoms with Gasteiger partial charge in [0.15, 0.2) is 0 Å². The van der Waals surface area contributed by atoms with E-state index in [0.29, 0.717) is 0 Å². The van der Waals surface area contributed by atoms with E-state index in [0.717, 1.165) is 22.6 Å². The molecule has 2 rings (SSSR count). The highest BCUT2D eigenvalue weighted by molar-refractivity contribution is 5.79. The lowest BCUT2D eigenvalue weighted by Crippen LogP contribution is -2.00. The van der Waals surface area contributed by atoms with Gasteiger partial charge in [-0.15, -0.1) is 0 Å². The minimum absolute atomic E-state index is 0.0405. The summed E-state index contributed by atoms with van der Waals surface area (Å²) in [5.74, 6) is 1.59. The summed E-state index contributed by atoms with van der Waals surface area (Å²) in [4.78, 5) is 4.60. The number of hydrogen-bond donors (Lipinski definition) is 0. The quantitative estimate of drug-likeness (QED) is 0.771. The van der Waals surface area contributed by atoms with Crippen molar-refractivity contribution < 1.29 is 9.47 Å². The predicted octanol–water partition coefficient (Wildman–Crippen LogP) is 3.88. The third kappa shape index (κ3) is 3.18. The first-order valence-corrected chi connectivity index (χ1v) is 6.55. The van der Waals surface area contributed by atoms with Crippen molar-refractivity contribution in [3.05, 3.63) is 59.7 Å². The highest BCUT2D eigenvalue weighted by Crippen LogP contribution is 2.35. The Kier molecular flexibility index (Phi) is 4.77. The van der Waals surface area contributed by atoms with Crippen LogP contribution in [0.5, 0.6) is 11.5 Å². The van der Waals surface area contributed by atoms with Crippen molar-refractivity contribution in [2.24, 2.45) is 4.99 Å². The molecule has 0 unspecified atom stereocenters. The standard InChI is InChI=1S/C17H19NO2/c1-13(18-12-14-8-5-4-6-9-14)17-15(19-2)10-7-11-16(17)20-3/h4-13H,1-3H3/t13-/m0/s1. The van der Waals surface area contributed by atoms with Crippen LogP contribution >= 0.6 is 0 Å². The Morgan fingerprint density at radius 1 is 0.900 bits per heavy atom. The summed E-state index contributed by atoms with van der Waals surface area (Å²) < 4.78 is 10.8. The predicted molar refractivity (Wildman–Crippen MR) is 82.0 cm³/mol. The molecule has 0 aliphatic carbocycles. The lowest BCUT2D eigenvalue weighted by Gasteiger charge is -2.15. The summed E-state index contributed by atoms with van der Waals surface area (Å²) >= 11 is 0. The summed E-state index contributed by atoms with van der Waals surface area (Å²) in [6, 6.07) is 15.7. The number of benzene rings is 2. The van der Waals surface area contributed by atoms with Gasteiger partial charge in [-0.25, -0.2) is 0 Å². The van der Waals surface area contributed by atoms with Crippen molar-refractivity contribution in [2.45, 2.75) is 13.0 Å². The Morgan fingerprint density at radius 2 is 1.50 bits per heavy atom. The second kappa shape index (κ2) is 6.75.